The van der Waals surface area contributed by atoms with Crippen LogP contribution in [0.15, 0.2) is 36.7 Å². The number of thioether (sulfide) groups is 2. The van der Waals surface area contributed by atoms with Gasteiger partial charge in [-0.25, -0.2) is 9.97 Å². The van der Waals surface area contributed by atoms with Gasteiger partial charge in [-0.3, -0.25) is 0 Å². The smallest absolute Gasteiger partial charge is 0.159 e. The van der Waals surface area contributed by atoms with Crippen molar-refractivity contribution in [3.63, 3.8) is 0 Å². The van der Waals surface area contributed by atoms with Crippen molar-refractivity contribution in [3.05, 3.63) is 42.2 Å². The first-order valence-corrected chi connectivity index (χ1v) is 18.2. The summed E-state index contributed by atoms with van der Waals surface area (Å²) in [6, 6.07) is 8.18. The van der Waals surface area contributed by atoms with Crippen molar-refractivity contribution in [1.82, 2.24) is 9.97 Å². The van der Waals surface area contributed by atoms with E-state index in [1.165, 1.54) is 83.5 Å². The molecule has 0 spiro atoms. The van der Waals surface area contributed by atoms with E-state index in [0.717, 1.165) is 66.5 Å². The average Bonchev–Trinajstić information content (AvgIpc) is 2.99. The van der Waals surface area contributed by atoms with Crippen LogP contribution in [0.3, 0.4) is 0 Å². The van der Waals surface area contributed by atoms with Crippen LogP contribution in [0.4, 0.5) is 0 Å². The van der Waals surface area contributed by atoms with E-state index in [4.69, 9.17) is 14.7 Å². The van der Waals surface area contributed by atoms with Gasteiger partial charge in [-0.05, 0) is 55.0 Å². The maximum atomic E-state index is 11.0. The third-order valence-corrected chi connectivity index (χ3v) is 11.3. The Labute approximate surface area is 253 Å². The predicted molar refractivity (Wildman–Crippen MR) is 175 cm³/mol. The molecule has 0 amide bonds. The lowest BCUT2D eigenvalue weighted by molar-refractivity contribution is 0.147. The first-order chi connectivity index (χ1) is 19.7. The Kier molecular flexibility index (Phi) is 16.5. The highest BCUT2D eigenvalue weighted by Gasteiger charge is 2.38. The Bertz CT molecular complexity index is 901. The molecule has 0 radical (unpaired) electrons. The van der Waals surface area contributed by atoms with Gasteiger partial charge >= 0.3 is 0 Å². The topological polar surface area (TPSA) is 55.2 Å². The van der Waals surface area contributed by atoms with Gasteiger partial charge in [0.1, 0.15) is 5.75 Å². The molecule has 1 atom stereocenters. The quantitative estimate of drug-likeness (QED) is 0.147. The summed E-state index contributed by atoms with van der Waals surface area (Å²) in [5.74, 6) is 3.90. The van der Waals surface area contributed by atoms with Crippen molar-refractivity contribution >= 4 is 23.5 Å². The average molecular weight is 587 g/mol. The molecule has 1 aromatic carbocycles. The molecule has 0 saturated carbocycles. The Balaban J connectivity index is 1.47. The molecule has 1 saturated heterocycles. The third kappa shape index (κ3) is 11.9. The lowest BCUT2D eigenvalue weighted by atomic mass is 10.0. The Morgan fingerprint density at radius 2 is 1.32 bits per heavy atom. The van der Waals surface area contributed by atoms with E-state index in [-0.39, 0.29) is 10.2 Å². The van der Waals surface area contributed by atoms with Crippen LogP contribution in [0, 0.1) is 0 Å². The van der Waals surface area contributed by atoms with Gasteiger partial charge in [0.2, 0.25) is 0 Å². The molecule has 1 fully saturated rings. The summed E-state index contributed by atoms with van der Waals surface area (Å²) in [4.78, 5) is 9.54. The summed E-state index contributed by atoms with van der Waals surface area (Å²) in [7, 11) is 0. The molecule has 2 aromatic rings. The SMILES string of the molecule is CCCCCCCCCCOc1ccc(-c2ncc(C3(C[C@H](O)CCCCCCCC)SCCCS3)cn2)cc1. The summed E-state index contributed by atoms with van der Waals surface area (Å²) < 4.78 is 5.83. The van der Waals surface area contributed by atoms with Crippen molar-refractivity contribution in [2.24, 2.45) is 0 Å². The molecular weight excluding hydrogens is 533 g/mol. The monoisotopic (exact) mass is 586 g/mol. The van der Waals surface area contributed by atoms with Crippen LogP contribution in [-0.4, -0.2) is 39.3 Å². The molecule has 224 valence electrons. The normalized spacial score (nSPS) is 15.7. The fourth-order valence-electron chi connectivity index (χ4n) is 5.35. The summed E-state index contributed by atoms with van der Waals surface area (Å²) in [5.41, 5.74) is 2.14. The number of aromatic nitrogens is 2. The third-order valence-electron chi connectivity index (χ3n) is 7.83. The van der Waals surface area contributed by atoms with E-state index in [1.54, 1.807) is 0 Å². The first kappa shape index (κ1) is 33.3. The van der Waals surface area contributed by atoms with Crippen molar-refractivity contribution in [2.75, 3.05) is 18.1 Å². The highest BCUT2D eigenvalue weighted by molar-refractivity contribution is 8.18. The molecule has 1 aliphatic heterocycles. The van der Waals surface area contributed by atoms with Crippen LogP contribution in [0.2, 0.25) is 0 Å². The van der Waals surface area contributed by atoms with E-state index in [1.807, 2.05) is 48.1 Å². The second-order valence-electron chi connectivity index (χ2n) is 11.4. The van der Waals surface area contributed by atoms with E-state index in [0.29, 0.717) is 0 Å². The van der Waals surface area contributed by atoms with E-state index in [2.05, 4.69) is 26.0 Å². The summed E-state index contributed by atoms with van der Waals surface area (Å²) >= 11 is 3.94. The fourth-order valence-corrected chi connectivity index (χ4v) is 8.77. The van der Waals surface area contributed by atoms with Crippen molar-refractivity contribution in [3.8, 4) is 17.1 Å². The van der Waals surface area contributed by atoms with Crippen LogP contribution in [0.25, 0.3) is 11.4 Å². The number of aliphatic hydroxyl groups is 1. The molecule has 1 N–H and O–H groups in total. The van der Waals surface area contributed by atoms with E-state index in [9.17, 15) is 5.11 Å². The largest absolute Gasteiger partial charge is 0.494 e. The van der Waals surface area contributed by atoms with Crippen LogP contribution >= 0.6 is 23.5 Å². The molecule has 3 rings (SSSR count). The second-order valence-corrected chi connectivity index (χ2v) is 14.4. The van der Waals surface area contributed by atoms with Crippen molar-refractivity contribution in [2.45, 2.75) is 133 Å². The van der Waals surface area contributed by atoms with Crippen LogP contribution < -0.4 is 4.74 Å². The van der Waals surface area contributed by atoms with Crippen LogP contribution in [0.5, 0.6) is 5.75 Å². The maximum Gasteiger partial charge on any atom is 0.159 e. The van der Waals surface area contributed by atoms with Gasteiger partial charge in [0.05, 0.1) is 16.8 Å². The molecule has 0 aliphatic carbocycles. The lowest BCUT2D eigenvalue weighted by Gasteiger charge is -2.37. The lowest BCUT2D eigenvalue weighted by Crippen LogP contribution is -2.28. The van der Waals surface area contributed by atoms with Gasteiger partial charge in [0, 0.05) is 29.9 Å². The minimum Gasteiger partial charge on any atom is -0.494 e. The number of hydrogen-bond acceptors (Lipinski definition) is 6. The molecule has 4 nitrogen and oxygen atoms in total. The number of unbranched alkanes of at least 4 members (excludes halogenated alkanes) is 12. The molecule has 1 aliphatic rings. The summed E-state index contributed by atoms with van der Waals surface area (Å²) in [6.45, 7) is 5.30. The highest BCUT2D eigenvalue weighted by atomic mass is 32.2. The number of ether oxygens (including phenoxy) is 1. The van der Waals surface area contributed by atoms with E-state index < -0.39 is 0 Å². The first-order valence-electron chi connectivity index (χ1n) is 16.2. The van der Waals surface area contributed by atoms with Gasteiger partial charge in [-0.15, -0.1) is 23.5 Å². The number of benzene rings is 1. The van der Waals surface area contributed by atoms with Gasteiger partial charge in [0.25, 0.3) is 0 Å². The number of rotatable bonds is 21. The number of hydrogen-bond donors (Lipinski definition) is 1. The second kappa shape index (κ2) is 19.8. The Morgan fingerprint density at radius 1 is 0.775 bits per heavy atom. The van der Waals surface area contributed by atoms with Crippen LogP contribution in [0.1, 0.15) is 129 Å². The zero-order valence-corrected chi connectivity index (χ0v) is 26.9. The zero-order valence-electron chi connectivity index (χ0n) is 25.2. The highest BCUT2D eigenvalue weighted by Crippen LogP contribution is 2.53. The Hall–Kier alpha value is -1.24. The van der Waals surface area contributed by atoms with Gasteiger partial charge in [-0.1, -0.05) is 97.3 Å². The standard InChI is InChI=1S/C34H54N2O2S2/c1-3-5-7-9-11-12-14-16-23-38-32-21-19-29(20-22-32)33-35-27-30(28-36-33)34(39-24-17-25-40-34)26-31(37)18-15-13-10-8-6-4-2/h19-22,27-28,31,37H,3-18,23-26H2,1-2H3/t31-/m1/s1. The van der Waals surface area contributed by atoms with E-state index >= 15 is 0 Å². The maximum absolute atomic E-state index is 11.0. The van der Waals surface area contributed by atoms with Crippen molar-refractivity contribution < 1.29 is 9.84 Å². The molecule has 2 heterocycles. The summed E-state index contributed by atoms with van der Waals surface area (Å²) in [6.07, 6.45) is 24.6. The van der Waals surface area contributed by atoms with Crippen LogP contribution in [-0.2, 0) is 4.08 Å². The molecular formula is C34H54N2O2S2. The molecule has 6 heteroatoms. The molecule has 40 heavy (non-hydrogen) atoms. The summed E-state index contributed by atoms with van der Waals surface area (Å²) in [5, 5.41) is 11.0. The minimum atomic E-state index is -0.276. The van der Waals surface area contributed by atoms with Gasteiger partial charge in [-0.2, -0.15) is 0 Å². The van der Waals surface area contributed by atoms with Gasteiger partial charge < -0.3 is 9.84 Å². The predicted octanol–water partition coefficient (Wildman–Crippen LogP) is 10.2. The zero-order chi connectivity index (χ0) is 28.3. The number of nitrogens with zero attached hydrogens (tertiary/aromatic N) is 2. The molecule has 1 aromatic heterocycles. The van der Waals surface area contributed by atoms with Crippen molar-refractivity contribution in [1.29, 1.82) is 0 Å². The minimum absolute atomic E-state index is 0.147. The fraction of sp³-hybridized carbons (Fsp3) is 0.706. The number of aliphatic hydroxyl groups excluding tert-OH is 1. The Morgan fingerprint density at radius 3 is 1.93 bits per heavy atom. The molecule has 0 bridgehead atoms. The molecule has 0 unspecified atom stereocenters. The van der Waals surface area contributed by atoms with Gasteiger partial charge in [0.15, 0.2) is 5.82 Å².